The number of hydrogen-bond donors (Lipinski definition) is 1. The maximum atomic E-state index is 13.5. The summed E-state index contributed by atoms with van der Waals surface area (Å²) in [6.07, 6.45) is 0.783. The predicted molar refractivity (Wildman–Crippen MR) is 82.7 cm³/mol. The Balaban J connectivity index is 2.25. The van der Waals surface area contributed by atoms with Gasteiger partial charge in [0.25, 0.3) is 0 Å². The summed E-state index contributed by atoms with van der Waals surface area (Å²) in [5.74, 6) is 0.864. The highest BCUT2D eigenvalue weighted by Gasteiger charge is 2.07. The van der Waals surface area contributed by atoms with Gasteiger partial charge in [0.1, 0.15) is 17.3 Å². The Hall–Kier alpha value is -1.39. The topological polar surface area (TPSA) is 35.2 Å². The number of benzene rings is 2. The zero-order valence-electron chi connectivity index (χ0n) is 11.5. The van der Waals surface area contributed by atoms with Crippen molar-refractivity contribution < 1.29 is 9.13 Å². The highest BCUT2D eigenvalue weighted by Crippen LogP contribution is 2.28. The number of rotatable bonds is 4. The van der Waals surface area contributed by atoms with Crippen LogP contribution in [0.3, 0.4) is 0 Å². The smallest absolute Gasteiger partial charge is 0.141 e. The van der Waals surface area contributed by atoms with E-state index in [1.54, 1.807) is 12.1 Å². The number of aryl methyl sites for hydroxylation is 1. The third kappa shape index (κ3) is 3.81. The Morgan fingerprint density at radius 3 is 2.65 bits per heavy atom. The number of hydrogen-bond acceptors (Lipinski definition) is 2. The molecule has 2 N–H and O–H groups in total. The van der Waals surface area contributed by atoms with Crippen molar-refractivity contribution in [3.63, 3.8) is 0 Å². The average molecular weight is 338 g/mol. The number of nitrogens with two attached hydrogens (primary N) is 1. The number of ether oxygens (including phenoxy) is 1. The van der Waals surface area contributed by atoms with Gasteiger partial charge in [-0.05, 0) is 65.5 Å². The van der Waals surface area contributed by atoms with Crippen LogP contribution in [0.5, 0.6) is 11.5 Å². The lowest BCUT2D eigenvalue weighted by atomic mass is 10.1. The SMILES string of the molecule is Cc1ccc(CC(C)N)cc1Oc1ccc(Br)c(F)c1. The fourth-order valence-corrected chi connectivity index (χ4v) is 2.17. The van der Waals surface area contributed by atoms with Gasteiger partial charge in [-0.2, -0.15) is 0 Å². The third-order valence-electron chi connectivity index (χ3n) is 2.93. The molecule has 0 bridgehead atoms. The van der Waals surface area contributed by atoms with Crippen molar-refractivity contribution in [1.29, 1.82) is 0 Å². The van der Waals surface area contributed by atoms with Gasteiger partial charge in [-0.25, -0.2) is 4.39 Å². The molecule has 4 heteroatoms. The van der Waals surface area contributed by atoms with Gasteiger partial charge < -0.3 is 10.5 Å². The first-order chi connectivity index (χ1) is 9.45. The monoisotopic (exact) mass is 337 g/mol. The molecule has 0 aliphatic carbocycles. The van der Waals surface area contributed by atoms with Crippen LogP contribution in [0.4, 0.5) is 4.39 Å². The molecule has 0 heterocycles. The van der Waals surface area contributed by atoms with Gasteiger partial charge in [0.2, 0.25) is 0 Å². The second-order valence-corrected chi connectivity index (χ2v) is 5.81. The van der Waals surface area contributed by atoms with Crippen LogP contribution in [0.25, 0.3) is 0 Å². The quantitative estimate of drug-likeness (QED) is 0.886. The Kier molecular flexibility index (Phi) is 4.78. The zero-order valence-corrected chi connectivity index (χ0v) is 13.1. The molecule has 0 radical (unpaired) electrons. The lowest BCUT2D eigenvalue weighted by molar-refractivity contribution is 0.472. The average Bonchev–Trinajstić information content (AvgIpc) is 2.37. The molecule has 2 aromatic rings. The maximum absolute atomic E-state index is 13.5. The molecule has 0 amide bonds. The van der Waals surface area contributed by atoms with Crippen molar-refractivity contribution in [2.75, 3.05) is 0 Å². The predicted octanol–water partition coefficient (Wildman–Crippen LogP) is 4.58. The molecular weight excluding hydrogens is 321 g/mol. The first-order valence-electron chi connectivity index (χ1n) is 6.43. The van der Waals surface area contributed by atoms with E-state index in [-0.39, 0.29) is 11.9 Å². The molecule has 0 saturated carbocycles. The normalized spacial score (nSPS) is 12.2. The van der Waals surface area contributed by atoms with Crippen LogP contribution in [0.2, 0.25) is 0 Å². The van der Waals surface area contributed by atoms with E-state index in [0.717, 1.165) is 23.3 Å². The Morgan fingerprint density at radius 1 is 1.25 bits per heavy atom. The van der Waals surface area contributed by atoms with Gasteiger partial charge in [0.15, 0.2) is 0 Å². The molecule has 1 unspecified atom stereocenters. The van der Waals surface area contributed by atoms with Gasteiger partial charge in [-0.15, -0.1) is 0 Å². The molecule has 0 aromatic heterocycles. The molecule has 0 saturated heterocycles. The van der Waals surface area contributed by atoms with Gasteiger partial charge >= 0.3 is 0 Å². The van der Waals surface area contributed by atoms with E-state index in [2.05, 4.69) is 15.9 Å². The van der Waals surface area contributed by atoms with Crippen molar-refractivity contribution >= 4 is 15.9 Å². The molecule has 0 aliphatic heterocycles. The highest BCUT2D eigenvalue weighted by molar-refractivity contribution is 9.10. The van der Waals surface area contributed by atoms with Gasteiger partial charge in [0.05, 0.1) is 4.47 Å². The highest BCUT2D eigenvalue weighted by atomic mass is 79.9. The summed E-state index contributed by atoms with van der Waals surface area (Å²) in [4.78, 5) is 0. The molecule has 0 aliphatic rings. The second kappa shape index (κ2) is 6.37. The van der Waals surface area contributed by atoms with E-state index in [9.17, 15) is 4.39 Å². The second-order valence-electron chi connectivity index (χ2n) is 4.96. The molecule has 1 atom stereocenters. The summed E-state index contributed by atoms with van der Waals surface area (Å²) in [5.41, 5.74) is 7.92. The Morgan fingerprint density at radius 2 is 2.00 bits per heavy atom. The number of halogens is 2. The zero-order chi connectivity index (χ0) is 14.7. The first kappa shape index (κ1) is 15.0. The molecule has 106 valence electrons. The van der Waals surface area contributed by atoms with Crippen molar-refractivity contribution in [2.45, 2.75) is 26.3 Å². The van der Waals surface area contributed by atoms with Crippen LogP contribution in [-0.4, -0.2) is 6.04 Å². The van der Waals surface area contributed by atoms with Crippen molar-refractivity contribution in [2.24, 2.45) is 5.73 Å². The summed E-state index contributed by atoms with van der Waals surface area (Å²) in [7, 11) is 0. The van der Waals surface area contributed by atoms with Gasteiger partial charge in [0, 0.05) is 12.1 Å². The van der Waals surface area contributed by atoms with Crippen LogP contribution in [0, 0.1) is 12.7 Å². The van der Waals surface area contributed by atoms with Gasteiger partial charge in [-0.1, -0.05) is 12.1 Å². The summed E-state index contributed by atoms with van der Waals surface area (Å²) < 4.78 is 19.7. The molecule has 0 fully saturated rings. The van der Waals surface area contributed by atoms with E-state index in [0.29, 0.717) is 10.2 Å². The third-order valence-corrected chi connectivity index (χ3v) is 3.57. The van der Waals surface area contributed by atoms with E-state index < -0.39 is 0 Å². The summed E-state index contributed by atoms with van der Waals surface area (Å²) in [6.45, 7) is 3.92. The molecule has 2 nitrogen and oxygen atoms in total. The minimum atomic E-state index is -0.341. The summed E-state index contributed by atoms with van der Waals surface area (Å²) in [5, 5.41) is 0. The molecule has 20 heavy (non-hydrogen) atoms. The van der Waals surface area contributed by atoms with Crippen LogP contribution < -0.4 is 10.5 Å². The molecular formula is C16H17BrFNO. The van der Waals surface area contributed by atoms with E-state index in [4.69, 9.17) is 10.5 Å². The van der Waals surface area contributed by atoms with E-state index in [1.807, 2.05) is 32.0 Å². The summed E-state index contributed by atoms with van der Waals surface area (Å²) in [6, 6.07) is 10.8. The molecule has 0 spiro atoms. The molecule has 2 rings (SSSR count). The van der Waals surface area contributed by atoms with Crippen LogP contribution in [0.15, 0.2) is 40.9 Å². The Labute approximate surface area is 126 Å². The minimum Gasteiger partial charge on any atom is -0.457 e. The van der Waals surface area contributed by atoms with E-state index in [1.165, 1.54) is 6.07 Å². The van der Waals surface area contributed by atoms with Gasteiger partial charge in [-0.3, -0.25) is 0 Å². The summed E-state index contributed by atoms with van der Waals surface area (Å²) >= 11 is 3.12. The lowest BCUT2D eigenvalue weighted by Crippen LogP contribution is -2.17. The Bertz CT molecular complexity index is 613. The van der Waals surface area contributed by atoms with Crippen molar-refractivity contribution in [1.82, 2.24) is 0 Å². The van der Waals surface area contributed by atoms with Crippen LogP contribution >= 0.6 is 15.9 Å². The van der Waals surface area contributed by atoms with Crippen molar-refractivity contribution in [3.05, 3.63) is 57.8 Å². The maximum Gasteiger partial charge on any atom is 0.141 e. The van der Waals surface area contributed by atoms with Crippen molar-refractivity contribution in [3.8, 4) is 11.5 Å². The fraction of sp³-hybridized carbons (Fsp3) is 0.250. The standard InChI is InChI=1S/C16H17BrFNO/c1-10-3-4-12(7-11(2)19)8-16(10)20-13-5-6-14(17)15(18)9-13/h3-6,8-9,11H,7,19H2,1-2H3. The van der Waals surface area contributed by atoms with E-state index >= 15 is 0 Å². The van der Waals surface area contributed by atoms with Crippen LogP contribution in [-0.2, 0) is 6.42 Å². The minimum absolute atomic E-state index is 0.0932. The largest absolute Gasteiger partial charge is 0.457 e. The first-order valence-corrected chi connectivity index (χ1v) is 7.23. The molecule has 2 aromatic carbocycles. The lowest BCUT2D eigenvalue weighted by Gasteiger charge is -2.12. The van der Waals surface area contributed by atoms with Crippen LogP contribution in [0.1, 0.15) is 18.1 Å². The fourth-order valence-electron chi connectivity index (χ4n) is 1.92.